The van der Waals surface area contributed by atoms with Gasteiger partial charge in [-0.05, 0) is 13.8 Å². The number of rotatable bonds is 2. The lowest BCUT2D eigenvalue weighted by Gasteiger charge is -2.26. The van der Waals surface area contributed by atoms with Gasteiger partial charge in [0.1, 0.15) is 0 Å². The van der Waals surface area contributed by atoms with Crippen LogP contribution in [0.4, 0.5) is 0 Å². The zero-order valence-corrected chi connectivity index (χ0v) is 10.8. The van der Waals surface area contributed by atoms with Crippen molar-refractivity contribution in [3.8, 4) is 0 Å². The fourth-order valence-electron chi connectivity index (χ4n) is 2.44. The van der Waals surface area contributed by atoms with Crippen molar-refractivity contribution < 1.29 is 18.9 Å². The summed E-state index contributed by atoms with van der Waals surface area (Å²) in [7, 11) is 0. The van der Waals surface area contributed by atoms with Gasteiger partial charge in [-0.2, -0.15) is 0 Å². The van der Waals surface area contributed by atoms with Crippen LogP contribution in [-0.4, -0.2) is 26.4 Å². The minimum atomic E-state index is -0.614. The normalized spacial score (nSPS) is 25.4. The van der Waals surface area contributed by atoms with Gasteiger partial charge in [0.25, 0.3) is 0 Å². The number of hydrogen-bond donors (Lipinski definition) is 0. The number of benzene rings is 1. The predicted octanol–water partition coefficient (Wildman–Crippen LogP) is 2.13. The lowest BCUT2D eigenvalue weighted by atomic mass is 10.0. The van der Waals surface area contributed by atoms with Gasteiger partial charge >= 0.3 is 0 Å². The van der Waals surface area contributed by atoms with Gasteiger partial charge in [0.05, 0.1) is 26.4 Å². The largest absolute Gasteiger partial charge is 0.344 e. The third-order valence-electron chi connectivity index (χ3n) is 3.61. The summed E-state index contributed by atoms with van der Waals surface area (Å²) in [4.78, 5) is 0. The molecule has 2 aliphatic rings. The van der Waals surface area contributed by atoms with E-state index in [1.54, 1.807) is 0 Å². The van der Waals surface area contributed by atoms with Crippen LogP contribution in [0, 0.1) is 0 Å². The SMILES string of the molecule is CC1(c2ccc(C3(C)OCCO3)cc2)OCCO1. The van der Waals surface area contributed by atoms with Crippen molar-refractivity contribution >= 4 is 0 Å². The Labute approximate surface area is 107 Å². The minimum absolute atomic E-state index is 0.614. The summed E-state index contributed by atoms with van der Waals surface area (Å²) in [5.41, 5.74) is 2.04. The van der Waals surface area contributed by atoms with Gasteiger partial charge in [-0.1, -0.05) is 24.3 Å². The van der Waals surface area contributed by atoms with Crippen LogP contribution in [0.2, 0.25) is 0 Å². The first-order valence-corrected chi connectivity index (χ1v) is 6.29. The smallest absolute Gasteiger partial charge is 0.192 e. The van der Waals surface area contributed by atoms with Crippen molar-refractivity contribution in [2.75, 3.05) is 26.4 Å². The first-order chi connectivity index (χ1) is 8.62. The second kappa shape index (κ2) is 4.31. The lowest BCUT2D eigenvalue weighted by molar-refractivity contribution is -0.152. The molecule has 0 saturated carbocycles. The van der Waals surface area contributed by atoms with Crippen LogP contribution in [0.5, 0.6) is 0 Å². The van der Waals surface area contributed by atoms with Gasteiger partial charge in [0, 0.05) is 11.1 Å². The Morgan fingerprint density at radius 1 is 0.667 bits per heavy atom. The maximum Gasteiger partial charge on any atom is 0.192 e. The van der Waals surface area contributed by atoms with Gasteiger partial charge in [-0.3, -0.25) is 0 Å². The van der Waals surface area contributed by atoms with Crippen LogP contribution in [0.3, 0.4) is 0 Å². The second-order valence-electron chi connectivity index (χ2n) is 4.86. The Bertz CT molecular complexity index is 373. The van der Waals surface area contributed by atoms with E-state index < -0.39 is 11.6 Å². The molecular weight excluding hydrogens is 232 g/mol. The quantitative estimate of drug-likeness (QED) is 0.805. The van der Waals surface area contributed by atoms with Crippen molar-refractivity contribution in [1.29, 1.82) is 0 Å². The molecule has 4 heteroatoms. The summed E-state index contributed by atoms with van der Waals surface area (Å²) in [6.07, 6.45) is 0. The van der Waals surface area contributed by atoms with Gasteiger partial charge in [-0.25, -0.2) is 0 Å². The van der Waals surface area contributed by atoms with Gasteiger partial charge < -0.3 is 18.9 Å². The van der Waals surface area contributed by atoms with Crippen LogP contribution in [-0.2, 0) is 30.5 Å². The van der Waals surface area contributed by atoms with Gasteiger partial charge in [-0.15, -0.1) is 0 Å². The highest BCUT2D eigenvalue weighted by atomic mass is 16.7. The van der Waals surface area contributed by atoms with Crippen LogP contribution in [0.15, 0.2) is 24.3 Å². The molecule has 0 atom stereocenters. The minimum Gasteiger partial charge on any atom is -0.344 e. The van der Waals surface area contributed by atoms with E-state index in [1.807, 2.05) is 38.1 Å². The maximum absolute atomic E-state index is 5.63. The molecule has 0 unspecified atom stereocenters. The molecule has 0 radical (unpaired) electrons. The molecule has 0 aliphatic carbocycles. The summed E-state index contributed by atoms with van der Waals surface area (Å²) >= 11 is 0. The molecule has 0 N–H and O–H groups in total. The molecule has 4 nitrogen and oxygen atoms in total. The van der Waals surface area contributed by atoms with Gasteiger partial charge in [0.2, 0.25) is 0 Å². The average Bonchev–Trinajstić information content (AvgIpc) is 3.01. The zero-order chi connectivity index (χ0) is 12.6. The third-order valence-corrected chi connectivity index (χ3v) is 3.61. The van der Waals surface area contributed by atoms with Gasteiger partial charge in [0.15, 0.2) is 11.6 Å². The molecule has 0 spiro atoms. The Morgan fingerprint density at radius 3 is 1.22 bits per heavy atom. The molecule has 0 amide bonds. The Kier molecular flexibility index (Phi) is 2.90. The summed E-state index contributed by atoms with van der Waals surface area (Å²) < 4.78 is 22.5. The molecular formula is C14H18O4. The summed E-state index contributed by atoms with van der Waals surface area (Å²) in [6.45, 7) is 6.45. The third kappa shape index (κ3) is 1.95. The van der Waals surface area contributed by atoms with Crippen molar-refractivity contribution in [2.24, 2.45) is 0 Å². The Hall–Kier alpha value is -0.940. The highest BCUT2D eigenvalue weighted by Gasteiger charge is 2.36. The van der Waals surface area contributed by atoms with E-state index in [0.717, 1.165) is 11.1 Å². The van der Waals surface area contributed by atoms with E-state index in [-0.39, 0.29) is 0 Å². The van der Waals surface area contributed by atoms with E-state index in [0.29, 0.717) is 26.4 Å². The van der Waals surface area contributed by atoms with Crippen molar-refractivity contribution in [3.63, 3.8) is 0 Å². The standard InChI is InChI=1S/C14H18O4/c1-13(15-7-8-16-13)11-3-5-12(6-4-11)14(2)17-9-10-18-14/h3-6H,7-10H2,1-2H3. The fraction of sp³-hybridized carbons (Fsp3) is 0.571. The Morgan fingerprint density at radius 2 is 0.944 bits per heavy atom. The molecule has 2 fully saturated rings. The molecule has 0 bridgehead atoms. The zero-order valence-electron chi connectivity index (χ0n) is 10.8. The molecule has 0 aromatic heterocycles. The summed E-state index contributed by atoms with van der Waals surface area (Å²) in [5, 5.41) is 0. The van der Waals surface area contributed by atoms with Crippen molar-refractivity contribution in [3.05, 3.63) is 35.4 Å². The first-order valence-electron chi connectivity index (χ1n) is 6.29. The molecule has 2 aliphatic heterocycles. The van der Waals surface area contributed by atoms with Crippen molar-refractivity contribution in [1.82, 2.24) is 0 Å². The van der Waals surface area contributed by atoms with E-state index in [4.69, 9.17) is 18.9 Å². The monoisotopic (exact) mass is 250 g/mol. The second-order valence-corrected chi connectivity index (χ2v) is 4.86. The fourth-order valence-corrected chi connectivity index (χ4v) is 2.44. The maximum atomic E-state index is 5.63. The molecule has 1 aromatic carbocycles. The topological polar surface area (TPSA) is 36.9 Å². The predicted molar refractivity (Wildman–Crippen MR) is 65.0 cm³/mol. The number of ether oxygens (including phenoxy) is 4. The first kappa shape index (κ1) is 12.1. The van der Waals surface area contributed by atoms with E-state index in [9.17, 15) is 0 Å². The van der Waals surface area contributed by atoms with Crippen LogP contribution < -0.4 is 0 Å². The Balaban J connectivity index is 1.85. The summed E-state index contributed by atoms with van der Waals surface area (Å²) in [6, 6.07) is 8.04. The molecule has 1 aromatic rings. The molecule has 18 heavy (non-hydrogen) atoms. The van der Waals surface area contributed by atoms with Crippen molar-refractivity contribution in [2.45, 2.75) is 25.4 Å². The van der Waals surface area contributed by atoms with E-state index in [1.165, 1.54) is 0 Å². The number of hydrogen-bond acceptors (Lipinski definition) is 4. The van der Waals surface area contributed by atoms with Crippen LogP contribution >= 0.6 is 0 Å². The van der Waals surface area contributed by atoms with E-state index in [2.05, 4.69) is 0 Å². The highest BCUT2D eigenvalue weighted by Crippen LogP contribution is 2.34. The summed E-state index contributed by atoms with van der Waals surface area (Å²) in [5.74, 6) is -1.23. The van der Waals surface area contributed by atoms with E-state index >= 15 is 0 Å². The molecule has 3 rings (SSSR count). The average molecular weight is 250 g/mol. The molecule has 98 valence electrons. The molecule has 2 saturated heterocycles. The highest BCUT2D eigenvalue weighted by molar-refractivity contribution is 5.28. The lowest BCUT2D eigenvalue weighted by Crippen LogP contribution is -2.24. The van der Waals surface area contributed by atoms with Crippen LogP contribution in [0.1, 0.15) is 25.0 Å². The van der Waals surface area contributed by atoms with Crippen LogP contribution in [0.25, 0.3) is 0 Å². The molecule has 2 heterocycles.